The van der Waals surface area contributed by atoms with Crippen molar-refractivity contribution in [3.05, 3.63) is 59.5 Å². The minimum atomic E-state index is -3.46. The van der Waals surface area contributed by atoms with Crippen LogP contribution in [0.25, 0.3) is 11.3 Å². The standard InChI is InChI=1S/C20H19N3O3S3/c1-23(2)29(25,26)15-9-7-13(8-10-15)16-12-27-20(21-16)22-19(24)18-11-14-5-3-4-6-17(14)28-18/h3-10,12,18H,11H2,1-2H3,(H,21,22,24). The molecule has 1 aliphatic heterocycles. The fraction of sp³-hybridized carbons (Fsp3) is 0.200. The average molecular weight is 446 g/mol. The van der Waals surface area contributed by atoms with Gasteiger partial charge in [-0.3, -0.25) is 4.79 Å². The molecule has 2 heterocycles. The lowest BCUT2D eigenvalue weighted by molar-refractivity contribution is -0.115. The number of thioether (sulfide) groups is 1. The van der Waals surface area contributed by atoms with Crippen molar-refractivity contribution in [3.8, 4) is 11.3 Å². The first-order valence-corrected chi connectivity index (χ1v) is 12.1. The summed E-state index contributed by atoms with van der Waals surface area (Å²) >= 11 is 2.93. The summed E-state index contributed by atoms with van der Waals surface area (Å²) in [6.45, 7) is 0. The van der Waals surface area contributed by atoms with Crippen molar-refractivity contribution >= 4 is 44.2 Å². The van der Waals surface area contributed by atoms with Crippen LogP contribution < -0.4 is 5.32 Å². The predicted octanol–water partition coefficient (Wildman–Crippen LogP) is 3.72. The number of benzene rings is 2. The van der Waals surface area contributed by atoms with Crippen molar-refractivity contribution in [2.24, 2.45) is 0 Å². The smallest absolute Gasteiger partial charge is 0.242 e. The number of thiazole rings is 1. The number of nitrogens with one attached hydrogen (secondary N) is 1. The summed E-state index contributed by atoms with van der Waals surface area (Å²) in [5.41, 5.74) is 2.69. The van der Waals surface area contributed by atoms with E-state index in [0.717, 1.165) is 10.5 Å². The van der Waals surface area contributed by atoms with Gasteiger partial charge >= 0.3 is 0 Å². The molecule has 0 aliphatic carbocycles. The maximum absolute atomic E-state index is 12.6. The van der Waals surface area contributed by atoms with E-state index in [4.69, 9.17) is 0 Å². The van der Waals surface area contributed by atoms with E-state index in [0.29, 0.717) is 17.2 Å². The predicted molar refractivity (Wildman–Crippen MR) is 117 cm³/mol. The Balaban J connectivity index is 1.44. The zero-order valence-electron chi connectivity index (χ0n) is 15.8. The lowest BCUT2D eigenvalue weighted by Crippen LogP contribution is -2.24. The van der Waals surface area contributed by atoms with E-state index in [-0.39, 0.29) is 16.1 Å². The van der Waals surface area contributed by atoms with Crippen LogP contribution in [0.1, 0.15) is 5.56 Å². The van der Waals surface area contributed by atoms with E-state index in [1.807, 2.05) is 23.6 Å². The SMILES string of the molecule is CN(C)S(=O)(=O)c1ccc(-c2csc(NC(=O)C3Cc4ccccc4S3)n2)cc1. The molecule has 1 aliphatic rings. The molecule has 1 N–H and O–H groups in total. The second-order valence-corrected chi connectivity index (χ2v) is 11.0. The highest BCUT2D eigenvalue weighted by Crippen LogP contribution is 2.37. The number of carbonyl (C=O) groups is 1. The lowest BCUT2D eigenvalue weighted by Gasteiger charge is -2.11. The minimum Gasteiger partial charge on any atom is -0.301 e. The summed E-state index contributed by atoms with van der Waals surface area (Å²) in [5, 5.41) is 5.13. The van der Waals surface area contributed by atoms with Crippen LogP contribution in [-0.2, 0) is 21.2 Å². The van der Waals surface area contributed by atoms with Gasteiger partial charge in [-0.15, -0.1) is 23.1 Å². The zero-order valence-corrected chi connectivity index (χ0v) is 18.3. The minimum absolute atomic E-state index is 0.0560. The fourth-order valence-corrected chi connectivity index (χ4v) is 5.81. The maximum atomic E-state index is 12.6. The number of rotatable bonds is 5. The highest BCUT2D eigenvalue weighted by atomic mass is 32.2. The number of amides is 1. The third-order valence-electron chi connectivity index (χ3n) is 4.60. The highest BCUT2D eigenvalue weighted by molar-refractivity contribution is 8.01. The monoisotopic (exact) mass is 445 g/mol. The lowest BCUT2D eigenvalue weighted by atomic mass is 10.1. The second kappa shape index (κ2) is 7.91. The topological polar surface area (TPSA) is 79.4 Å². The van der Waals surface area contributed by atoms with E-state index >= 15 is 0 Å². The number of hydrogen-bond acceptors (Lipinski definition) is 6. The van der Waals surface area contributed by atoms with Crippen LogP contribution >= 0.6 is 23.1 Å². The highest BCUT2D eigenvalue weighted by Gasteiger charge is 2.28. The molecule has 9 heteroatoms. The van der Waals surface area contributed by atoms with Gasteiger partial charge in [0.05, 0.1) is 15.8 Å². The molecule has 1 unspecified atom stereocenters. The van der Waals surface area contributed by atoms with Crippen LogP contribution in [0.3, 0.4) is 0 Å². The molecule has 1 aromatic heterocycles. The van der Waals surface area contributed by atoms with Crippen LogP contribution in [0.5, 0.6) is 0 Å². The quantitative estimate of drug-likeness (QED) is 0.648. The number of anilines is 1. The molecule has 0 fully saturated rings. The van der Waals surface area contributed by atoms with E-state index in [1.165, 1.54) is 35.3 Å². The summed E-state index contributed by atoms with van der Waals surface area (Å²) in [5.74, 6) is -0.0560. The normalized spacial score (nSPS) is 16.0. The zero-order chi connectivity index (χ0) is 20.6. The third-order valence-corrected chi connectivity index (χ3v) is 8.51. The Morgan fingerprint density at radius 2 is 1.86 bits per heavy atom. The van der Waals surface area contributed by atoms with Crippen molar-refractivity contribution in [1.82, 2.24) is 9.29 Å². The fourth-order valence-electron chi connectivity index (χ4n) is 2.99. The molecule has 6 nitrogen and oxygen atoms in total. The Kier molecular flexibility index (Phi) is 5.48. The Labute approximate surface area is 178 Å². The first-order chi connectivity index (χ1) is 13.8. The van der Waals surface area contributed by atoms with Crippen LogP contribution in [-0.4, -0.2) is 43.0 Å². The van der Waals surface area contributed by atoms with Crippen LogP contribution in [0.2, 0.25) is 0 Å². The molecule has 0 spiro atoms. The van der Waals surface area contributed by atoms with Gasteiger partial charge in [-0.25, -0.2) is 17.7 Å². The van der Waals surface area contributed by atoms with Gasteiger partial charge in [0.2, 0.25) is 15.9 Å². The number of carbonyl (C=O) groups excluding carboxylic acids is 1. The van der Waals surface area contributed by atoms with E-state index < -0.39 is 10.0 Å². The van der Waals surface area contributed by atoms with Gasteiger partial charge in [0, 0.05) is 29.9 Å². The van der Waals surface area contributed by atoms with Crippen molar-refractivity contribution in [1.29, 1.82) is 0 Å². The summed E-state index contributed by atoms with van der Waals surface area (Å²) in [6.07, 6.45) is 0.715. The number of aromatic nitrogens is 1. The summed E-state index contributed by atoms with van der Waals surface area (Å²) in [4.78, 5) is 18.5. The largest absolute Gasteiger partial charge is 0.301 e. The van der Waals surface area contributed by atoms with Gasteiger partial charge in [0.15, 0.2) is 5.13 Å². The van der Waals surface area contributed by atoms with E-state index in [1.54, 1.807) is 36.0 Å². The van der Waals surface area contributed by atoms with Crippen molar-refractivity contribution in [3.63, 3.8) is 0 Å². The Morgan fingerprint density at radius 3 is 2.55 bits per heavy atom. The van der Waals surface area contributed by atoms with Gasteiger partial charge < -0.3 is 5.32 Å². The summed E-state index contributed by atoms with van der Waals surface area (Å²) in [6, 6.07) is 14.6. The molecule has 3 aromatic rings. The number of hydrogen-bond donors (Lipinski definition) is 1. The number of nitrogens with zero attached hydrogens (tertiary/aromatic N) is 2. The Hall–Kier alpha value is -2.20. The summed E-state index contributed by atoms with van der Waals surface area (Å²) in [7, 11) is -0.463. The van der Waals surface area contributed by atoms with Gasteiger partial charge in [-0.1, -0.05) is 30.3 Å². The maximum Gasteiger partial charge on any atom is 0.242 e. The molecular formula is C20H19N3O3S3. The molecule has 1 amide bonds. The molecule has 0 saturated carbocycles. The average Bonchev–Trinajstić information content (AvgIpc) is 3.35. The molecular weight excluding hydrogens is 426 g/mol. The third kappa shape index (κ3) is 4.09. The van der Waals surface area contributed by atoms with Crippen LogP contribution in [0.15, 0.2) is 63.7 Å². The van der Waals surface area contributed by atoms with Gasteiger partial charge in [0.25, 0.3) is 0 Å². The first kappa shape index (κ1) is 20.1. The van der Waals surface area contributed by atoms with E-state index in [9.17, 15) is 13.2 Å². The second-order valence-electron chi connectivity index (χ2n) is 6.76. The molecule has 0 bridgehead atoms. The first-order valence-electron chi connectivity index (χ1n) is 8.88. The molecule has 0 saturated heterocycles. The number of fused-ring (bicyclic) bond motifs is 1. The molecule has 1 atom stereocenters. The molecule has 150 valence electrons. The Morgan fingerprint density at radius 1 is 1.14 bits per heavy atom. The Bertz CT molecular complexity index is 1130. The van der Waals surface area contributed by atoms with E-state index in [2.05, 4.69) is 16.4 Å². The molecule has 0 radical (unpaired) electrons. The molecule has 4 rings (SSSR count). The number of sulfonamides is 1. The summed E-state index contributed by atoms with van der Waals surface area (Å²) < 4.78 is 25.5. The molecule has 2 aromatic carbocycles. The van der Waals surface area contributed by atoms with Crippen LogP contribution in [0, 0.1) is 0 Å². The van der Waals surface area contributed by atoms with Gasteiger partial charge in [-0.05, 0) is 30.2 Å². The van der Waals surface area contributed by atoms with Crippen LogP contribution in [0.4, 0.5) is 5.13 Å². The van der Waals surface area contributed by atoms with Gasteiger partial charge in [-0.2, -0.15) is 0 Å². The van der Waals surface area contributed by atoms with Gasteiger partial charge in [0.1, 0.15) is 0 Å². The van der Waals surface area contributed by atoms with Crippen molar-refractivity contribution in [2.75, 3.05) is 19.4 Å². The van der Waals surface area contributed by atoms with Crippen molar-refractivity contribution in [2.45, 2.75) is 21.5 Å². The molecule has 29 heavy (non-hydrogen) atoms. The van der Waals surface area contributed by atoms with Crippen molar-refractivity contribution < 1.29 is 13.2 Å².